The molecule has 0 aliphatic rings. The molecule has 0 heterocycles. The topological polar surface area (TPSA) is 138 Å². The predicted octanol–water partition coefficient (Wildman–Crippen LogP) is 2.52. The zero-order chi connectivity index (χ0) is 27.1. The molecule has 0 saturated carbocycles. The Kier molecular flexibility index (Phi) is 13.6. The summed E-state index contributed by atoms with van der Waals surface area (Å²) in [5.41, 5.74) is 2.22. The van der Waals surface area contributed by atoms with E-state index in [0.29, 0.717) is 24.6 Å². The molecular formula is C26H36N2O8. The quantitative estimate of drug-likeness (QED) is 0.319. The zero-order valence-electron chi connectivity index (χ0n) is 21.3. The number of nitrogens with one attached hydrogen (secondary N) is 1. The fraction of sp³-hybridized carbons (Fsp3) is 0.385. The van der Waals surface area contributed by atoms with Gasteiger partial charge in [0.2, 0.25) is 0 Å². The van der Waals surface area contributed by atoms with Crippen LogP contribution in [0.5, 0.6) is 17.2 Å². The fourth-order valence-corrected chi connectivity index (χ4v) is 3.16. The minimum atomic E-state index is -1.82. The maximum atomic E-state index is 10.3. The fourth-order valence-electron chi connectivity index (χ4n) is 3.16. The van der Waals surface area contributed by atoms with Gasteiger partial charge in [0.05, 0.1) is 14.2 Å². The van der Waals surface area contributed by atoms with Gasteiger partial charge in [0.25, 0.3) is 0 Å². The number of carbonyl (C=O) groups is 2. The summed E-state index contributed by atoms with van der Waals surface area (Å²) in [7, 11) is 7.36. The number of hydrogen-bond acceptors (Lipinski definition) is 8. The second-order valence-electron chi connectivity index (χ2n) is 7.90. The summed E-state index contributed by atoms with van der Waals surface area (Å²) in [5.74, 6) is -1.54. The summed E-state index contributed by atoms with van der Waals surface area (Å²) in [6.07, 6.45) is 3.33. The predicted molar refractivity (Wildman–Crippen MR) is 137 cm³/mol. The van der Waals surface area contributed by atoms with Crippen LogP contribution in [0.1, 0.15) is 24.1 Å². The Labute approximate surface area is 211 Å². The van der Waals surface area contributed by atoms with Crippen molar-refractivity contribution in [3.8, 4) is 17.2 Å². The van der Waals surface area contributed by atoms with E-state index in [0.717, 1.165) is 11.3 Å². The molecule has 2 atom stereocenters. The first-order valence-corrected chi connectivity index (χ1v) is 11.2. The Morgan fingerprint density at radius 1 is 0.972 bits per heavy atom. The number of allylic oxidation sites excluding steroid dienone is 1. The second kappa shape index (κ2) is 16.1. The summed E-state index contributed by atoms with van der Waals surface area (Å²) in [4.78, 5) is 20.3. The number of methoxy groups -OCH3 is 2. The number of carboxylic acid groups (broad SMARTS) is 2. The first-order valence-electron chi connectivity index (χ1n) is 11.2. The van der Waals surface area contributed by atoms with Crippen molar-refractivity contribution in [1.29, 1.82) is 0 Å². The van der Waals surface area contributed by atoms with Gasteiger partial charge in [0.15, 0.2) is 11.5 Å². The van der Waals surface area contributed by atoms with Crippen LogP contribution in [-0.4, -0.2) is 86.3 Å². The maximum absolute atomic E-state index is 10.3. The molecule has 4 N–H and O–H groups in total. The Hall–Kier alpha value is -3.60. The van der Waals surface area contributed by atoms with E-state index in [9.17, 15) is 5.11 Å². The lowest BCUT2D eigenvalue weighted by atomic mass is 10.1. The minimum absolute atomic E-state index is 0.182. The van der Waals surface area contributed by atoms with Crippen LogP contribution in [0, 0.1) is 0 Å². The van der Waals surface area contributed by atoms with Crippen LogP contribution in [0.4, 0.5) is 0 Å². The van der Waals surface area contributed by atoms with E-state index < -0.39 is 18.0 Å². The number of ether oxygens (including phenoxy) is 3. The molecule has 0 saturated heterocycles. The molecule has 2 aromatic rings. The van der Waals surface area contributed by atoms with E-state index in [1.54, 1.807) is 14.2 Å². The molecule has 0 bridgehead atoms. The molecule has 0 amide bonds. The highest BCUT2D eigenvalue weighted by atomic mass is 16.5. The van der Waals surface area contributed by atoms with Gasteiger partial charge < -0.3 is 39.7 Å². The van der Waals surface area contributed by atoms with Crippen LogP contribution in [0.25, 0.3) is 6.08 Å². The van der Waals surface area contributed by atoms with Gasteiger partial charge in [-0.15, -0.1) is 0 Å². The van der Waals surface area contributed by atoms with Gasteiger partial charge in [-0.3, -0.25) is 0 Å². The van der Waals surface area contributed by atoms with Gasteiger partial charge in [0, 0.05) is 19.1 Å². The number of aliphatic hydroxyl groups is 1. The van der Waals surface area contributed by atoms with Gasteiger partial charge in [-0.1, -0.05) is 30.4 Å². The maximum Gasteiger partial charge on any atom is 0.414 e. The van der Waals surface area contributed by atoms with Crippen LogP contribution in [0.2, 0.25) is 0 Å². The van der Waals surface area contributed by atoms with E-state index >= 15 is 0 Å². The highest BCUT2D eigenvalue weighted by molar-refractivity contribution is 6.27. The summed E-state index contributed by atoms with van der Waals surface area (Å²) >= 11 is 0. The minimum Gasteiger partial charge on any atom is -0.497 e. The lowest BCUT2D eigenvalue weighted by molar-refractivity contribution is -0.159. The van der Waals surface area contributed by atoms with Crippen molar-refractivity contribution < 1.29 is 39.1 Å². The normalized spacial score (nSPS) is 12.4. The third-order valence-electron chi connectivity index (χ3n) is 5.00. The molecule has 36 heavy (non-hydrogen) atoms. The van der Waals surface area contributed by atoms with Crippen molar-refractivity contribution in [3.63, 3.8) is 0 Å². The van der Waals surface area contributed by atoms with Gasteiger partial charge in [0.1, 0.15) is 18.5 Å². The molecule has 0 radical (unpaired) electrons. The molecular weight excluding hydrogens is 468 g/mol. The smallest absolute Gasteiger partial charge is 0.414 e. The van der Waals surface area contributed by atoms with Crippen molar-refractivity contribution in [2.24, 2.45) is 0 Å². The van der Waals surface area contributed by atoms with Crippen molar-refractivity contribution in [3.05, 3.63) is 59.7 Å². The molecule has 0 spiro atoms. The molecule has 2 aromatic carbocycles. The number of hydrogen-bond donors (Lipinski definition) is 4. The largest absolute Gasteiger partial charge is 0.497 e. The van der Waals surface area contributed by atoms with Crippen LogP contribution < -0.4 is 19.5 Å². The Morgan fingerprint density at radius 2 is 1.61 bits per heavy atom. The van der Waals surface area contributed by atoms with Crippen LogP contribution in [0.3, 0.4) is 0 Å². The van der Waals surface area contributed by atoms with Crippen molar-refractivity contribution in [2.75, 3.05) is 48.0 Å². The van der Waals surface area contributed by atoms with Gasteiger partial charge >= 0.3 is 11.9 Å². The van der Waals surface area contributed by atoms with Crippen LogP contribution in [-0.2, 0) is 9.59 Å². The zero-order valence-corrected chi connectivity index (χ0v) is 21.3. The first-order chi connectivity index (χ1) is 17.1. The molecule has 10 heteroatoms. The van der Waals surface area contributed by atoms with Gasteiger partial charge in [-0.05, 0) is 56.4 Å². The van der Waals surface area contributed by atoms with Gasteiger partial charge in [-0.25, -0.2) is 9.59 Å². The third kappa shape index (κ3) is 10.8. The Bertz CT molecular complexity index is 964. The van der Waals surface area contributed by atoms with E-state index in [2.05, 4.69) is 22.3 Å². The highest BCUT2D eigenvalue weighted by Crippen LogP contribution is 2.28. The molecule has 0 fully saturated rings. The van der Waals surface area contributed by atoms with E-state index in [1.807, 2.05) is 63.5 Å². The van der Waals surface area contributed by atoms with Crippen LogP contribution in [0.15, 0.2) is 48.5 Å². The first kappa shape index (κ1) is 30.4. The summed E-state index contributed by atoms with van der Waals surface area (Å²) in [6.45, 7) is 3.29. The SMILES string of the molecule is CC=Cc1ccc(OCC(O)CNCC(c2ccc(OC)cc2)N(C)C)c(OC)c1.O=C(O)C(=O)O. The molecule has 2 unspecified atom stereocenters. The number of nitrogens with zero attached hydrogens (tertiary/aromatic N) is 1. The number of benzene rings is 2. The Morgan fingerprint density at radius 3 is 2.11 bits per heavy atom. The van der Waals surface area contributed by atoms with E-state index in [-0.39, 0.29) is 12.6 Å². The monoisotopic (exact) mass is 504 g/mol. The summed E-state index contributed by atoms with van der Waals surface area (Å²) in [5, 5.41) is 28.5. The highest BCUT2D eigenvalue weighted by Gasteiger charge is 2.15. The molecule has 0 aliphatic heterocycles. The molecule has 0 aliphatic carbocycles. The molecule has 2 rings (SSSR count). The number of aliphatic hydroxyl groups excluding tert-OH is 1. The average molecular weight is 505 g/mol. The Balaban J connectivity index is 0.000000960. The molecule has 0 aromatic heterocycles. The van der Waals surface area contributed by atoms with Crippen molar-refractivity contribution in [2.45, 2.75) is 19.1 Å². The van der Waals surface area contributed by atoms with E-state index in [1.165, 1.54) is 5.56 Å². The van der Waals surface area contributed by atoms with E-state index in [4.69, 9.17) is 34.0 Å². The number of likely N-dealkylation sites (N-methyl/N-ethyl adjacent to an activating group) is 1. The number of aliphatic carboxylic acids is 2. The molecule has 198 valence electrons. The van der Waals surface area contributed by atoms with Crippen LogP contribution >= 0.6 is 0 Å². The molecule has 10 nitrogen and oxygen atoms in total. The lowest BCUT2D eigenvalue weighted by Crippen LogP contribution is -2.37. The van der Waals surface area contributed by atoms with Crippen molar-refractivity contribution in [1.82, 2.24) is 10.2 Å². The number of rotatable bonds is 12. The second-order valence-corrected chi connectivity index (χ2v) is 7.90. The summed E-state index contributed by atoms with van der Waals surface area (Å²) < 4.78 is 16.4. The van der Waals surface area contributed by atoms with Gasteiger partial charge in [-0.2, -0.15) is 0 Å². The third-order valence-corrected chi connectivity index (χ3v) is 5.00. The van der Waals surface area contributed by atoms with Crippen molar-refractivity contribution >= 4 is 18.0 Å². The average Bonchev–Trinajstić information content (AvgIpc) is 2.86. The number of carboxylic acids is 2. The standard InChI is InChI=1S/C24H34N2O4.C2H2O4/c1-6-7-18-8-13-23(24(14-18)29-5)30-17-20(27)15-25-16-22(26(2)3)19-9-11-21(28-4)12-10-19;3-1(4)2(5)6/h6-14,20,22,25,27H,15-17H2,1-5H3;(H,3,4)(H,5,6). The lowest BCUT2D eigenvalue weighted by Gasteiger charge is -2.26. The summed E-state index contributed by atoms with van der Waals surface area (Å²) in [6, 6.07) is 14.0.